The molecule has 0 aliphatic carbocycles. The third-order valence-corrected chi connectivity index (χ3v) is 4.70. The Balaban J connectivity index is 1.99. The Hall–Kier alpha value is -1.30. The lowest BCUT2D eigenvalue weighted by atomic mass is 9.98. The van der Waals surface area contributed by atoms with E-state index in [0.717, 1.165) is 37.2 Å². The zero-order chi connectivity index (χ0) is 16.7. The van der Waals surface area contributed by atoms with Gasteiger partial charge < -0.3 is 24.6 Å². The molecule has 1 aliphatic heterocycles. The minimum absolute atomic E-state index is 0.230. The van der Waals surface area contributed by atoms with Crippen molar-refractivity contribution in [2.45, 2.75) is 44.2 Å². The van der Waals surface area contributed by atoms with Crippen molar-refractivity contribution >= 4 is 0 Å². The van der Waals surface area contributed by atoms with Crippen molar-refractivity contribution in [1.82, 2.24) is 4.90 Å². The van der Waals surface area contributed by atoms with Gasteiger partial charge in [-0.3, -0.25) is 0 Å². The lowest BCUT2D eigenvalue weighted by Gasteiger charge is -2.36. The molecule has 1 fully saturated rings. The van der Waals surface area contributed by atoms with Gasteiger partial charge in [-0.1, -0.05) is 6.42 Å². The van der Waals surface area contributed by atoms with Crippen LogP contribution in [0.3, 0.4) is 0 Å². The number of ether oxygens (including phenoxy) is 2. The molecule has 1 aromatic carbocycles. The van der Waals surface area contributed by atoms with Crippen LogP contribution in [-0.2, 0) is 0 Å². The van der Waals surface area contributed by atoms with Gasteiger partial charge in [-0.25, -0.2) is 0 Å². The Morgan fingerprint density at radius 3 is 2.78 bits per heavy atom. The quantitative estimate of drug-likeness (QED) is 0.769. The number of benzene rings is 1. The number of methoxy groups -OCH3 is 2. The van der Waals surface area contributed by atoms with Gasteiger partial charge in [0.15, 0.2) is 0 Å². The summed E-state index contributed by atoms with van der Waals surface area (Å²) in [7, 11) is 3.23. The van der Waals surface area contributed by atoms with Crippen LogP contribution in [0.15, 0.2) is 18.2 Å². The average Bonchev–Trinajstić information content (AvgIpc) is 2.60. The van der Waals surface area contributed by atoms with E-state index in [9.17, 15) is 10.2 Å². The predicted octanol–water partition coefficient (Wildman–Crippen LogP) is 2.36. The minimum atomic E-state index is -0.586. The second-order valence-electron chi connectivity index (χ2n) is 6.11. The Kier molecular flexibility index (Phi) is 7.15. The SMILES string of the molecule is COc1ccc(OC)c(C(O)CCN2CCCCC2CCO)c1. The first kappa shape index (κ1) is 18.0. The molecule has 2 N–H and O–H groups in total. The average molecular weight is 323 g/mol. The molecule has 0 aromatic heterocycles. The summed E-state index contributed by atoms with van der Waals surface area (Å²) in [6, 6.07) is 5.93. The van der Waals surface area contributed by atoms with E-state index in [-0.39, 0.29) is 6.61 Å². The van der Waals surface area contributed by atoms with E-state index in [1.165, 1.54) is 12.8 Å². The summed E-state index contributed by atoms with van der Waals surface area (Å²) in [6.07, 6.45) is 4.44. The summed E-state index contributed by atoms with van der Waals surface area (Å²) < 4.78 is 10.6. The summed E-state index contributed by atoms with van der Waals surface area (Å²) in [6.45, 7) is 2.10. The maximum atomic E-state index is 10.6. The molecule has 0 radical (unpaired) electrons. The van der Waals surface area contributed by atoms with Crippen LogP contribution < -0.4 is 9.47 Å². The van der Waals surface area contributed by atoms with E-state index in [1.54, 1.807) is 14.2 Å². The molecule has 1 aliphatic rings. The normalized spacial score (nSPS) is 20.3. The van der Waals surface area contributed by atoms with Crippen LogP contribution in [0.4, 0.5) is 0 Å². The van der Waals surface area contributed by atoms with E-state index >= 15 is 0 Å². The smallest absolute Gasteiger partial charge is 0.124 e. The zero-order valence-electron chi connectivity index (χ0n) is 14.2. The molecule has 0 bridgehead atoms. The maximum absolute atomic E-state index is 10.6. The van der Waals surface area contributed by atoms with E-state index in [0.29, 0.717) is 18.2 Å². The summed E-state index contributed by atoms with van der Waals surface area (Å²) in [4.78, 5) is 2.40. The van der Waals surface area contributed by atoms with Crippen LogP contribution in [0.2, 0.25) is 0 Å². The molecular weight excluding hydrogens is 294 g/mol. The lowest BCUT2D eigenvalue weighted by molar-refractivity contribution is 0.0882. The molecule has 2 unspecified atom stereocenters. The van der Waals surface area contributed by atoms with Gasteiger partial charge in [0.25, 0.3) is 0 Å². The van der Waals surface area contributed by atoms with Crippen molar-refractivity contribution in [3.8, 4) is 11.5 Å². The Bertz CT molecular complexity index is 478. The Labute approximate surface area is 138 Å². The molecule has 1 aromatic rings. The standard InChI is InChI=1S/C18H29NO4/c1-22-15-6-7-18(23-2)16(13-15)17(21)8-11-19-10-4-3-5-14(19)9-12-20/h6-7,13-14,17,20-21H,3-5,8-12H2,1-2H3. The highest BCUT2D eigenvalue weighted by molar-refractivity contribution is 5.41. The molecule has 130 valence electrons. The largest absolute Gasteiger partial charge is 0.497 e. The monoisotopic (exact) mass is 323 g/mol. The topological polar surface area (TPSA) is 62.2 Å². The van der Waals surface area contributed by atoms with Gasteiger partial charge in [0, 0.05) is 24.8 Å². The molecule has 5 nitrogen and oxygen atoms in total. The van der Waals surface area contributed by atoms with Crippen LogP contribution in [0.1, 0.15) is 43.8 Å². The van der Waals surface area contributed by atoms with Crippen molar-refractivity contribution in [1.29, 1.82) is 0 Å². The van der Waals surface area contributed by atoms with Crippen LogP contribution in [0, 0.1) is 0 Å². The number of nitrogens with zero attached hydrogens (tertiary/aromatic N) is 1. The number of rotatable bonds is 8. The molecule has 0 spiro atoms. The second-order valence-corrected chi connectivity index (χ2v) is 6.11. The van der Waals surface area contributed by atoms with Crippen LogP contribution in [0.25, 0.3) is 0 Å². The van der Waals surface area contributed by atoms with Crippen molar-refractivity contribution in [3.63, 3.8) is 0 Å². The molecule has 0 amide bonds. The van der Waals surface area contributed by atoms with Crippen LogP contribution in [-0.4, -0.2) is 55.1 Å². The fourth-order valence-electron chi connectivity index (χ4n) is 3.37. The minimum Gasteiger partial charge on any atom is -0.497 e. The zero-order valence-corrected chi connectivity index (χ0v) is 14.2. The highest BCUT2D eigenvalue weighted by atomic mass is 16.5. The maximum Gasteiger partial charge on any atom is 0.124 e. The second kappa shape index (κ2) is 9.11. The highest BCUT2D eigenvalue weighted by Gasteiger charge is 2.23. The van der Waals surface area contributed by atoms with Gasteiger partial charge in [-0.15, -0.1) is 0 Å². The molecular formula is C18H29NO4. The molecule has 0 saturated carbocycles. The van der Waals surface area contributed by atoms with Crippen LogP contribution in [0.5, 0.6) is 11.5 Å². The number of hydrogen-bond donors (Lipinski definition) is 2. The van der Waals surface area contributed by atoms with Crippen molar-refractivity contribution < 1.29 is 19.7 Å². The first-order valence-corrected chi connectivity index (χ1v) is 8.44. The van der Waals surface area contributed by atoms with E-state index in [4.69, 9.17) is 9.47 Å². The molecule has 2 atom stereocenters. The van der Waals surface area contributed by atoms with Gasteiger partial charge in [0.1, 0.15) is 11.5 Å². The molecule has 23 heavy (non-hydrogen) atoms. The van der Waals surface area contributed by atoms with E-state index in [1.807, 2.05) is 18.2 Å². The number of aliphatic hydroxyl groups is 2. The molecule has 2 rings (SSSR count). The first-order chi connectivity index (χ1) is 11.2. The van der Waals surface area contributed by atoms with Crippen LogP contribution >= 0.6 is 0 Å². The van der Waals surface area contributed by atoms with Gasteiger partial charge in [-0.05, 0) is 50.4 Å². The first-order valence-electron chi connectivity index (χ1n) is 8.44. The molecule has 5 heteroatoms. The summed E-state index contributed by atoms with van der Waals surface area (Å²) >= 11 is 0. The lowest BCUT2D eigenvalue weighted by Crippen LogP contribution is -2.41. The summed E-state index contributed by atoms with van der Waals surface area (Å²) in [5, 5.41) is 19.8. The number of aliphatic hydroxyl groups excluding tert-OH is 2. The van der Waals surface area contributed by atoms with Crippen molar-refractivity contribution in [3.05, 3.63) is 23.8 Å². The van der Waals surface area contributed by atoms with Crippen molar-refractivity contribution in [2.24, 2.45) is 0 Å². The summed E-state index contributed by atoms with van der Waals surface area (Å²) in [5.41, 5.74) is 0.766. The highest BCUT2D eigenvalue weighted by Crippen LogP contribution is 2.31. The molecule has 1 heterocycles. The number of piperidine rings is 1. The fourth-order valence-corrected chi connectivity index (χ4v) is 3.37. The summed E-state index contributed by atoms with van der Waals surface area (Å²) in [5.74, 6) is 1.40. The number of likely N-dealkylation sites (tertiary alicyclic amines) is 1. The van der Waals surface area contributed by atoms with Crippen molar-refractivity contribution in [2.75, 3.05) is 33.9 Å². The predicted molar refractivity (Wildman–Crippen MR) is 90.0 cm³/mol. The van der Waals surface area contributed by atoms with Gasteiger partial charge in [-0.2, -0.15) is 0 Å². The van der Waals surface area contributed by atoms with Gasteiger partial charge in [0.2, 0.25) is 0 Å². The van der Waals surface area contributed by atoms with E-state index in [2.05, 4.69) is 4.90 Å². The van der Waals surface area contributed by atoms with Gasteiger partial charge in [0.05, 0.1) is 20.3 Å². The third-order valence-electron chi connectivity index (χ3n) is 4.70. The third kappa shape index (κ3) is 4.83. The Morgan fingerprint density at radius 2 is 2.09 bits per heavy atom. The molecule has 1 saturated heterocycles. The number of hydrogen-bond acceptors (Lipinski definition) is 5. The van der Waals surface area contributed by atoms with E-state index < -0.39 is 6.10 Å². The Morgan fingerprint density at radius 1 is 1.26 bits per heavy atom. The fraction of sp³-hybridized carbons (Fsp3) is 0.667. The van der Waals surface area contributed by atoms with Gasteiger partial charge >= 0.3 is 0 Å².